The number of carbonyl (C=O) groups is 2. The summed E-state index contributed by atoms with van der Waals surface area (Å²) in [5.74, 6) is -0.859. The lowest BCUT2D eigenvalue weighted by molar-refractivity contribution is -0.385. The summed E-state index contributed by atoms with van der Waals surface area (Å²) in [6.45, 7) is 0.956. The predicted molar refractivity (Wildman–Crippen MR) is 77.7 cm³/mol. The van der Waals surface area contributed by atoms with Crippen LogP contribution in [0.15, 0.2) is 24.3 Å². The van der Waals surface area contributed by atoms with E-state index < -0.39 is 10.8 Å². The Balaban J connectivity index is 2.09. The van der Waals surface area contributed by atoms with E-state index in [0.29, 0.717) is 13.1 Å². The monoisotopic (exact) mass is 308 g/mol. The molecule has 2 N–H and O–H groups in total. The molecular formula is C12H12N4O4S. The second kappa shape index (κ2) is 6.27. The standard InChI is InChI=1S/C12H12N4O4S/c17-10-7-15(6-5-13-10)12(21)14-11(18)8-3-1-2-4-9(8)16(19)20/h1-4H,5-7H2,(H,13,17)(H,14,18,21). The molecule has 1 aromatic rings. The first kappa shape index (κ1) is 14.9. The fourth-order valence-corrected chi connectivity index (χ4v) is 2.13. The highest BCUT2D eigenvalue weighted by Gasteiger charge is 2.23. The fourth-order valence-electron chi connectivity index (χ4n) is 1.88. The summed E-state index contributed by atoms with van der Waals surface area (Å²) >= 11 is 5.06. The minimum Gasteiger partial charge on any atom is -0.353 e. The van der Waals surface area contributed by atoms with Crippen LogP contribution in [0.5, 0.6) is 0 Å². The third-order valence-corrected chi connectivity index (χ3v) is 3.25. The fraction of sp³-hybridized carbons (Fsp3) is 0.250. The molecule has 0 unspecified atom stereocenters. The van der Waals surface area contributed by atoms with Crippen molar-refractivity contribution in [3.63, 3.8) is 0 Å². The zero-order chi connectivity index (χ0) is 15.4. The van der Waals surface area contributed by atoms with Gasteiger partial charge in [-0.2, -0.15) is 0 Å². The van der Waals surface area contributed by atoms with Crippen LogP contribution >= 0.6 is 12.2 Å². The summed E-state index contributed by atoms with van der Waals surface area (Å²) in [5.41, 5.74) is -0.375. The summed E-state index contributed by atoms with van der Waals surface area (Å²) in [7, 11) is 0. The normalized spacial score (nSPS) is 14.3. The molecule has 9 heteroatoms. The van der Waals surface area contributed by atoms with Gasteiger partial charge in [-0.15, -0.1) is 0 Å². The van der Waals surface area contributed by atoms with E-state index in [1.54, 1.807) is 0 Å². The van der Waals surface area contributed by atoms with Crippen LogP contribution < -0.4 is 10.6 Å². The minimum absolute atomic E-state index is 0.0516. The number of nitrogens with zero attached hydrogens (tertiary/aromatic N) is 2. The van der Waals surface area contributed by atoms with E-state index in [1.165, 1.54) is 29.2 Å². The van der Waals surface area contributed by atoms with E-state index in [9.17, 15) is 19.7 Å². The van der Waals surface area contributed by atoms with Crippen molar-refractivity contribution in [1.82, 2.24) is 15.5 Å². The zero-order valence-electron chi connectivity index (χ0n) is 10.9. The maximum Gasteiger partial charge on any atom is 0.282 e. The first-order chi connectivity index (χ1) is 9.99. The molecule has 0 radical (unpaired) electrons. The molecule has 1 aromatic carbocycles. The Morgan fingerprint density at radius 1 is 1.43 bits per heavy atom. The Kier molecular flexibility index (Phi) is 4.43. The van der Waals surface area contributed by atoms with Crippen LogP contribution in [-0.2, 0) is 4.79 Å². The van der Waals surface area contributed by atoms with E-state index in [0.717, 1.165) is 0 Å². The maximum absolute atomic E-state index is 12.1. The van der Waals surface area contributed by atoms with Crippen molar-refractivity contribution >= 4 is 34.8 Å². The number of carbonyl (C=O) groups excluding carboxylic acids is 2. The predicted octanol–water partition coefficient (Wildman–Crippen LogP) is 0.0413. The van der Waals surface area contributed by atoms with Crippen LogP contribution in [0, 0.1) is 10.1 Å². The number of nitro benzene ring substituents is 1. The highest BCUT2D eigenvalue weighted by Crippen LogP contribution is 2.17. The average molecular weight is 308 g/mol. The molecule has 1 aliphatic rings. The molecule has 1 heterocycles. The summed E-state index contributed by atoms with van der Waals surface area (Å²) < 4.78 is 0. The number of piperazine rings is 1. The number of nitrogens with one attached hydrogen (secondary N) is 2. The Bertz CT molecular complexity index is 619. The van der Waals surface area contributed by atoms with Gasteiger partial charge in [-0.05, 0) is 18.3 Å². The van der Waals surface area contributed by atoms with Gasteiger partial charge in [0.25, 0.3) is 11.6 Å². The second-order valence-corrected chi connectivity index (χ2v) is 4.69. The van der Waals surface area contributed by atoms with Gasteiger partial charge in [-0.25, -0.2) is 0 Å². The van der Waals surface area contributed by atoms with Crippen molar-refractivity contribution in [3.8, 4) is 0 Å². The highest BCUT2D eigenvalue weighted by atomic mass is 32.1. The number of benzene rings is 1. The average Bonchev–Trinajstić information content (AvgIpc) is 2.47. The number of nitro groups is 1. The van der Waals surface area contributed by atoms with Gasteiger partial charge in [0.15, 0.2) is 5.11 Å². The third kappa shape index (κ3) is 3.51. The first-order valence-electron chi connectivity index (χ1n) is 6.09. The van der Waals surface area contributed by atoms with Crippen LogP contribution in [0.1, 0.15) is 10.4 Å². The maximum atomic E-state index is 12.1. The van der Waals surface area contributed by atoms with Crippen molar-refractivity contribution in [1.29, 1.82) is 0 Å². The smallest absolute Gasteiger partial charge is 0.282 e. The van der Waals surface area contributed by atoms with Gasteiger partial charge in [0.2, 0.25) is 5.91 Å². The van der Waals surface area contributed by atoms with E-state index in [4.69, 9.17) is 12.2 Å². The summed E-state index contributed by atoms with van der Waals surface area (Å²) in [6, 6.07) is 5.59. The molecular weight excluding hydrogens is 296 g/mol. The van der Waals surface area contributed by atoms with Gasteiger partial charge in [-0.1, -0.05) is 12.1 Å². The molecule has 1 fully saturated rings. The van der Waals surface area contributed by atoms with Crippen molar-refractivity contribution in [2.75, 3.05) is 19.6 Å². The van der Waals surface area contributed by atoms with Crippen molar-refractivity contribution in [2.45, 2.75) is 0 Å². The van der Waals surface area contributed by atoms with Gasteiger partial charge in [-0.3, -0.25) is 25.0 Å². The van der Waals surface area contributed by atoms with Crippen LogP contribution in [0.3, 0.4) is 0 Å². The molecule has 0 saturated carbocycles. The van der Waals surface area contributed by atoms with Crippen LogP contribution in [-0.4, -0.2) is 46.4 Å². The van der Waals surface area contributed by atoms with E-state index in [2.05, 4.69) is 10.6 Å². The number of para-hydroxylation sites is 1. The first-order valence-corrected chi connectivity index (χ1v) is 6.50. The molecule has 2 amide bonds. The van der Waals surface area contributed by atoms with Gasteiger partial charge in [0, 0.05) is 19.2 Å². The Morgan fingerprint density at radius 3 is 2.81 bits per heavy atom. The molecule has 2 rings (SSSR count). The number of rotatable bonds is 2. The quantitative estimate of drug-likeness (QED) is 0.454. The number of thiocarbonyl (C=S) groups is 1. The lowest BCUT2D eigenvalue weighted by atomic mass is 10.1. The molecule has 8 nitrogen and oxygen atoms in total. The number of hydrogen-bond donors (Lipinski definition) is 2. The molecule has 1 saturated heterocycles. The Morgan fingerprint density at radius 2 is 2.14 bits per heavy atom. The molecule has 1 aliphatic heterocycles. The van der Waals surface area contributed by atoms with Crippen LogP contribution in [0.2, 0.25) is 0 Å². The zero-order valence-corrected chi connectivity index (χ0v) is 11.7. The topological polar surface area (TPSA) is 105 Å². The van der Waals surface area contributed by atoms with Crippen molar-refractivity contribution < 1.29 is 14.5 Å². The van der Waals surface area contributed by atoms with Gasteiger partial charge in [0.05, 0.1) is 11.5 Å². The SMILES string of the molecule is O=C1CN(C(=S)NC(=O)c2ccccc2[N+](=O)[O-])CCN1. The molecule has 0 atom stereocenters. The van der Waals surface area contributed by atoms with Crippen LogP contribution in [0.4, 0.5) is 5.69 Å². The molecule has 0 aromatic heterocycles. The largest absolute Gasteiger partial charge is 0.353 e. The Hall–Kier alpha value is -2.55. The summed E-state index contributed by atoms with van der Waals surface area (Å²) in [5, 5.41) is 16.0. The molecule has 21 heavy (non-hydrogen) atoms. The molecule has 110 valence electrons. The van der Waals surface area contributed by atoms with Crippen LogP contribution in [0.25, 0.3) is 0 Å². The minimum atomic E-state index is -0.668. The number of amides is 2. The summed E-state index contributed by atoms with van der Waals surface area (Å²) in [6.07, 6.45) is 0. The van der Waals surface area contributed by atoms with E-state index in [1.807, 2.05) is 0 Å². The van der Waals surface area contributed by atoms with Crippen molar-refractivity contribution in [3.05, 3.63) is 39.9 Å². The molecule has 0 aliphatic carbocycles. The van der Waals surface area contributed by atoms with Gasteiger partial charge < -0.3 is 10.2 Å². The number of hydrogen-bond acceptors (Lipinski definition) is 5. The third-order valence-electron chi connectivity index (χ3n) is 2.89. The molecule has 0 bridgehead atoms. The lowest BCUT2D eigenvalue weighted by Gasteiger charge is -2.28. The second-order valence-electron chi connectivity index (χ2n) is 4.31. The van der Waals surface area contributed by atoms with Crippen molar-refractivity contribution in [2.24, 2.45) is 0 Å². The molecule has 0 spiro atoms. The highest BCUT2D eigenvalue weighted by molar-refractivity contribution is 7.80. The van der Waals surface area contributed by atoms with Gasteiger partial charge >= 0.3 is 0 Å². The van der Waals surface area contributed by atoms with E-state index >= 15 is 0 Å². The van der Waals surface area contributed by atoms with E-state index in [-0.39, 0.29) is 28.8 Å². The lowest BCUT2D eigenvalue weighted by Crippen LogP contribution is -2.53. The van der Waals surface area contributed by atoms with Gasteiger partial charge in [0.1, 0.15) is 5.56 Å². The Labute approximate surface area is 125 Å². The summed E-state index contributed by atoms with van der Waals surface area (Å²) in [4.78, 5) is 35.1.